The first-order valence-corrected chi connectivity index (χ1v) is 6.34. The molecule has 0 fully saturated rings. The topological polar surface area (TPSA) is 75.6 Å². The Bertz CT molecular complexity index is 667. The zero-order valence-electron chi connectivity index (χ0n) is 11.5. The lowest BCUT2D eigenvalue weighted by Crippen LogP contribution is -2.16. The number of anilines is 1. The molecule has 0 aliphatic heterocycles. The van der Waals surface area contributed by atoms with Gasteiger partial charge in [-0.25, -0.2) is 4.79 Å². The Hall–Kier alpha value is -2.66. The van der Waals surface area contributed by atoms with E-state index < -0.39 is 5.97 Å². The number of rotatable bonds is 5. The SMILES string of the molecule is COCc1ccccc1C(=O)Nc1ccccc1C(=O)O. The molecule has 0 saturated carbocycles. The number of methoxy groups -OCH3 is 1. The number of carboxylic acids is 1. The van der Waals surface area contributed by atoms with E-state index in [0.717, 1.165) is 5.56 Å². The Balaban J connectivity index is 2.29. The molecule has 0 bridgehead atoms. The normalized spacial score (nSPS) is 10.1. The third kappa shape index (κ3) is 3.46. The van der Waals surface area contributed by atoms with Gasteiger partial charge in [0, 0.05) is 12.7 Å². The molecule has 2 rings (SSSR count). The molecule has 21 heavy (non-hydrogen) atoms. The van der Waals surface area contributed by atoms with Gasteiger partial charge in [-0.15, -0.1) is 0 Å². The van der Waals surface area contributed by atoms with E-state index in [-0.39, 0.29) is 17.2 Å². The van der Waals surface area contributed by atoms with Crippen LogP contribution in [0.4, 0.5) is 5.69 Å². The van der Waals surface area contributed by atoms with Crippen molar-refractivity contribution in [1.82, 2.24) is 0 Å². The first-order valence-electron chi connectivity index (χ1n) is 6.34. The highest BCUT2D eigenvalue weighted by Crippen LogP contribution is 2.18. The lowest BCUT2D eigenvalue weighted by Gasteiger charge is -2.11. The summed E-state index contributed by atoms with van der Waals surface area (Å²) in [5.41, 5.74) is 1.52. The minimum Gasteiger partial charge on any atom is -0.478 e. The molecule has 2 N–H and O–H groups in total. The predicted molar refractivity (Wildman–Crippen MR) is 78.5 cm³/mol. The Morgan fingerprint density at radius 3 is 2.33 bits per heavy atom. The number of ether oxygens (including phenoxy) is 1. The number of amides is 1. The van der Waals surface area contributed by atoms with E-state index in [1.165, 1.54) is 6.07 Å². The average Bonchev–Trinajstić information content (AvgIpc) is 2.48. The molecule has 0 aliphatic carbocycles. The summed E-state index contributed by atoms with van der Waals surface area (Å²) in [6.45, 7) is 0.310. The highest BCUT2D eigenvalue weighted by atomic mass is 16.5. The van der Waals surface area contributed by atoms with E-state index in [4.69, 9.17) is 9.84 Å². The molecule has 0 heterocycles. The molecule has 0 aliphatic rings. The molecule has 2 aromatic carbocycles. The molecule has 1 amide bonds. The number of benzene rings is 2. The van der Waals surface area contributed by atoms with Gasteiger partial charge in [-0.1, -0.05) is 30.3 Å². The average molecular weight is 285 g/mol. The lowest BCUT2D eigenvalue weighted by molar-refractivity contribution is 0.0698. The highest BCUT2D eigenvalue weighted by Gasteiger charge is 2.15. The standard InChI is InChI=1S/C16H15NO4/c1-21-10-11-6-2-3-7-12(11)15(18)17-14-9-5-4-8-13(14)16(19)20/h2-9H,10H2,1H3,(H,17,18)(H,19,20). The van der Waals surface area contributed by atoms with Gasteiger partial charge in [0.15, 0.2) is 0 Å². The maximum Gasteiger partial charge on any atom is 0.337 e. The third-order valence-electron chi connectivity index (χ3n) is 2.97. The first-order chi connectivity index (χ1) is 10.1. The number of hydrogen-bond donors (Lipinski definition) is 2. The largest absolute Gasteiger partial charge is 0.478 e. The number of hydrogen-bond acceptors (Lipinski definition) is 3. The molecular weight excluding hydrogens is 270 g/mol. The van der Waals surface area contributed by atoms with Gasteiger partial charge in [-0.2, -0.15) is 0 Å². The van der Waals surface area contributed by atoms with Crippen LogP contribution in [0.15, 0.2) is 48.5 Å². The number of carbonyl (C=O) groups excluding carboxylic acids is 1. The summed E-state index contributed by atoms with van der Waals surface area (Å²) in [7, 11) is 1.55. The van der Waals surface area contributed by atoms with Gasteiger partial charge in [-0.3, -0.25) is 4.79 Å². The molecular formula is C16H15NO4. The molecule has 0 unspecified atom stereocenters. The monoisotopic (exact) mass is 285 g/mol. The van der Waals surface area contributed by atoms with Gasteiger partial charge in [0.1, 0.15) is 0 Å². The predicted octanol–water partition coefficient (Wildman–Crippen LogP) is 2.78. The third-order valence-corrected chi connectivity index (χ3v) is 2.97. The van der Waals surface area contributed by atoms with E-state index in [1.54, 1.807) is 43.5 Å². The molecule has 0 saturated heterocycles. The molecule has 0 radical (unpaired) electrons. The van der Waals surface area contributed by atoms with Crippen LogP contribution < -0.4 is 5.32 Å². The van der Waals surface area contributed by atoms with Crippen molar-refractivity contribution < 1.29 is 19.4 Å². The number of carboxylic acid groups (broad SMARTS) is 1. The Labute approximate surface area is 122 Å². The smallest absolute Gasteiger partial charge is 0.337 e. The minimum atomic E-state index is -1.09. The van der Waals surface area contributed by atoms with Crippen LogP contribution in [-0.2, 0) is 11.3 Å². The maximum atomic E-state index is 12.3. The number of para-hydroxylation sites is 1. The molecule has 0 atom stereocenters. The molecule has 0 spiro atoms. The Morgan fingerprint density at radius 1 is 1.05 bits per heavy atom. The molecule has 5 heteroatoms. The van der Waals surface area contributed by atoms with Crippen LogP contribution in [-0.4, -0.2) is 24.1 Å². The van der Waals surface area contributed by atoms with Gasteiger partial charge in [0.25, 0.3) is 5.91 Å². The summed E-state index contributed by atoms with van der Waals surface area (Å²) >= 11 is 0. The van der Waals surface area contributed by atoms with E-state index >= 15 is 0 Å². The quantitative estimate of drug-likeness (QED) is 0.885. The summed E-state index contributed by atoms with van der Waals surface area (Å²) in [6, 6.07) is 13.3. The van der Waals surface area contributed by atoms with Gasteiger partial charge in [0.2, 0.25) is 0 Å². The molecule has 108 valence electrons. The summed E-state index contributed by atoms with van der Waals surface area (Å²) in [5, 5.41) is 11.7. The van der Waals surface area contributed by atoms with E-state index in [0.29, 0.717) is 12.2 Å². The number of carbonyl (C=O) groups is 2. The summed E-state index contributed by atoms with van der Waals surface area (Å²) < 4.78 is 5.06. The van der Waals surface area contributed by atoms with Crippen LogP contribution in [0.2, 0.25) is 0 Å². The second-order valence-corrected chi connectivity index (χ2v) is 4.40. The Kier molecular flexibility index (Phi) is 4.68. The molecule has 5 nitrogen and oxygen atoms in total. The zero-order valence-corrected chi connectivity index (χ0v) is 11.5. The summed E-state index contributed by atoms with van der Waals surface area (Å²) in [5.74, 6) is -1.45. The van der Waals surface area contributed by atoms with Crippen molar-refractivity contribution in [3.63, 3.8) is 0 Å². The van der Waals surface area contributed by atoms with Crippen molar-refractivity contribution in [2.75, 3.05) is 12.4 Å². The first kappa shape index (κ1) is 14.7. The van der Waals surface area contributed by atoms with E-state index in [1.807, 2.05) is 6.07 Å². The van der Waals surface area contributed by atoms with Crippen molar-refractivity contribution in [2.24, 2.45) is 0 Å². The number of nitrogens with one attached hydrogen (secondary N) is 1. The minimum absolute atomic E-state index is 0.0510. The van der Waals surface area contributed by atoms with Gasteiger partial charge in [0.05, 0.1) is 17.9 Å². The van der Waals surface area contributed by atoms with E-state index in [9.17, 15) is 9.59 Å². The lowest BCUT2D eigenvalue weighted by atomic mass is 10.1. The van der Waals surface area contributed by atoms with Crippen LogP contribution in [0.3, 0.4) is 0 Å². The summed E-state index contributed by atoms with van der Waals surface area (Å²) in [6.07, 6.45) is 0. The van der Waals surface area contributed by atoms with Crippen LogP contribution >= 0.6 is 0 Å². The van der Waals surface area contributed by atoms with Crippen molar-refractivity contribution in [3.05, 3.63) is 65.2 Å². The second kappa shape index (κ2) is 6.67. The second-order valence-electron chi connectivity index (χ2n) is 4.40. The fourth-order valence-electron chi connectivity index (χ4n) is 1.99. The molecule has 2 aromatic rings. The van der Waals surface area contributed by atoms with Crippen LogP contribution in [0.5, 0.6) is 0 Å². The van der Waals surface area contributed by atoms with Gasteiger partial charge < -0.3 is 15.2 Å². The van der Waals surface area contributed by atoms with E-state index in [2.05, 4.69) is 5.32 Å². The van der Waals surface area contributed by atoms with Crippen LogP contribution in [0.1, 0.15) is 26.3 Å². The summed E-state index contributed by atoms with van der Waals surface area (Å²) in [4.78, 5) is 23.5. The van der Waals surface area contributed by atoms with Crippen molar-refractivity contribution in [1.29, 1.82) is 0 Å². The van der Waals surface area contributed by atoms with Gasteiger partial charge >= 0.3 is 5.97 Å². The maximum absolute atomic E-state index is 12.3. The fourth-order valence-corrected chi connectivity index (χ4v) is 1.99. The Morgan fingerprint density at radius 2 is 1.67 bits per heavy atom. The van der Waals surface area contributed by atoms with Crippen molar-refractivity contribution >= 4 is 17.6 Å². The zero-order chi connectivity index (χ0) is 15.2. The molecule has 0 aromatic heterocycles. The van der Waals surface area contributed by atoms with Crippen molar-refractivity contribution in [3.8, 4) is 0 Å². The van der Waals surface area contributed by atoms with Crippen molar-refractivity contribution in [2.45, 2.75) is 6.61 Å². The highest BCUT2D eigenvalue weighted by molar-refractivity contribution is 6.08. The van der Waals surface area contributed by atoms with Gasteiger partial charge in [-0.05, 0) is 23.8 Å². The van der Waals surface area contributed by atoms with Crippen LogP contribution in [0.25, 0.3) is 0 Å². The fraction of sp³-hybridized carbons (Fsp3) is 0.125. The van der Waals surface area contributed by atoms with Crippen LogP contribution in [0, 0.1) is 0 Å². The number of aromatic carboxylic acids is 1.